The van der Waals surface area contributed by atoms with Gasteiger partial charge in [0.05, 0.1) is 37.5 Å². The van der Waals surface area contributed by atoms with E-state index in [1.54, 1.807) is 51.1 Å². The van der Waals surface area contributed by atoms with E-state index in [9.17, 15) is 103 Å². The molecule has 51 nitrogen and oxygen atoms in total. The predicted molar refractivity (Wildman–Crippen MR) is 510 cm³/mol. The second kappa shape index (κ2) is 58.7. The van der Waals surface area contributed by atoms with Gasteiger partial charge in [0, 0.05) is 45.9 Å². The molecule has 30 N–H and O–H groups in total. The molecule has 0 spiro atoms. The first-order valence-electron chi connectivity index (χ1n) is 45.8. The molecule has 0 saturated carbocycles. The van der Waals surface area contributed by atoms with Crippen LogP contribution in [0.5, 0.6) is 0 Å². The first-order chi connectivity index (χ1) is 66.1. The van der Waals surface area contributed by atoms with Crippen LogP contribution in [0.1, 0.15) is 147 Å². The lowest BCUT2D eigenvalue weighted by Crippen LogP contribution is -2.64. The molecule has 1 aromatic carbocycles. The normalized spacial score (nSPS) is 27.7. The molecular weight excluding hydrogens is 1910 g/mol. The maximum Gasteiger partial charge on any atom is 0.335 e. The molecule has 54 heteroatoms. The number of carbonyl (C=O) groups is 23. The minimum absolute atomic E-state index is 0.0840. The van der Waals surface area contributed by atoms with Crippen LogP contribution in [0.25, 0.3) is 0 Å². The maximum absolute atomic E-state index is 15.9. The van der Waals surface area contributed by atoms with E-state index in [0.717, 1.165) is 13.8 Å². The van der Waals surface area contributed by atoms with Gasteiger partial charge in [-0.2, -0.15) is 35.3 Å². The van der Waals surface area contributed by atoms with E-state index in [4.69, 9.17) is 11.5 Å². The first kappa shape index (κ1) is 121. The molecule has 4 bridgehead atoms. The second-order valence-corrected chi connectivity index (χ2v) is 39.4. The van der Waals surface area contributed by atoms with Gasteiger partial charge >= 0.3 is 17.9 Å². The van der Waals surface area contributed by atoms with Gasteiger partial charge in [-0.1, -0.05) is 126 Å². The minimum atomic E-state index is -3.00. The summed E-state index contributed by atoms with van der Waals surface area (Å²) in [7, 11) is 0. The van der Waals surface area contributed by atoms with Gasteiger partial charge in [0.2, 0.25) is 112 Å². The summed E-state index contributed by atoms with van der Waals surface area (Å²) in [5.74, 6) is -36.7. The second-order valence-electron chi connectivity index (χ2n) is 35.1. The highest BCUT2D eigenvalue weighted by molar-refractivity contribution is 8.00. The minimum Gasteiger partial charge on any atom is -0.481 e. The summed E-state index contributed by atoms with van der Waals surface area (Å²) in [4.78, 5) is 332. The number of aliphatic hydroxyl groups excluding tert-OH is 3. The smallest absolute Gasteiger partial charge is 0.335 e. The SMILES string of the molecule is C=C1NC(=O)[C@@H]2CS[C@@H](C)[C@@H](NC(=O)[C@H](C(C)C)NC(=O)[C@H]([C@@H](C)CC)NC(=O)CNC(=O)[C@H](Cc3ccccc3)NC1=O)C(=O)N[C@@H]([C@@H](C)CC)C(=O)N[C@@H](C(C)C)C(=O)N[C@H]1CS[C@@H](C)[C@@H](NC(=O)[C@H](CO)NC(=O)[C@H](C)NC(=O)[C@@H](NC(=O)[C@H](CCC(=O)O)NC(=O)[C@H](C)N)CS[C@@H](C)[C@H](C(=O)N[C@@H](CCCCN)C(=O)O)NC(=O)[C@H]([C@@H](C)O)NC(=O)CNC(=O)[C@H]([C@@H](O)C(=O)O)NC1=O)C(=O)N2. The van der Waals surface area contributed by atoms with Crippen LogP contribution < -0.4 is 118 Å². The predicted octanol–water partition coefficient (Wildman–Crippen LogP) is -9.59. The molecule has 1 aromatic rings. The average molecular weight is 2050 g/mol. The molecule has 0 aliphatic carbocycles. The van der Waals surface area contributed by atoms with Gasteiger partial charge in [0.1, 0.15) is 103 Å². The van der Waals surface area contributed by atoms with Crippen LogP contribution in [0.4, 0.5) is 0 Å². The van der Waals surface area contributed by atoms with Gasteiger partial charge in [-0.15, -0.1) is 0 Å². The van der Waals surface area contributed by atoms with E-state index < -0.39 is 352 Å². The quantitative estimate of drug-likeness (QED) is 0.0302. The molecule has 3 fully saturated rings. The number of nitrogens with one attached hydrogen (secondary N) is 20. The van der Waals surface area contributed by atoms with Gasteiger partial charge in [-0.3, -0.25) is 101 Å². The van der Waals surface area contributed by atoms with Crippen molar-refractivity contribution in [3.05, 3.63) is 48.2 Å². The Hall–Kier alpha value is -12.4. The topological polar surface area (TPSA) is 807 Å². The van der Waals surface area contributed by atoms with Crippen molar-refractivity contribution in [3.63, 3.8) is 0 Å². The molecule has 3 aliphatic heterocycles. The number of aliphatic hydroxyl groups is 3. The number of carbonyl (C=O) groups excluding carboxylic acids is 20. The third-order valence-corrected chi connectivity index (χ3v) is 27.0. The monoisotopic (exact) mass is 2050 g/mol. The maximum atomic E-state index is 15.9. The summed E-state index contributed by atoms with van der Waals surface area (Å²) in [6.07, 6.45) is -6.28. The molecule has 3 aliphatic rings. The van der Waals surface area contributed by atoms with Gasteiger partial charge in [0.25, 0.3) is 5.91 Å². The number of carboxylic acids is 3. The third kappa shape index (κ3) is 38.5. The van der Waals surface area contributed by atoms with Crippen LogP contribution in [0, 0.1) is 23.7 Å². The molecule has 0 aromatic heterocycles. The van der Waals surface area contributed by atoms with Gasteiger partial charge < -0.3 is 148 Å². The highest BCUT2D eigenvalue weighted by Gasteiger charge is 2.46. The number of hydrogen-bond acceptors (Lipinski definition) is 31. The summed E-state index contributed by atoms with van der Waals surface area (Å²) in [6.45, 7) is 19.4. The molecule has 141 heavy (non-hydrogen) atoms. The summed E-state index contributed by atoms with van der Waals surface area (Å²) in [6, 6.07) is -26.5. The van der Waals surface area contributed by atoms with Crippen LogP contribution in [0.15, 0.2) is 42.6 Å². The first-order valence-corrected chi connectivity index (χ1v) is 49.0. The Kier molecular flexibility index (Phi) is 50.4. The zero-order valence-electron chi connectivity index (χ0n) is 80.7. The standard InChI is InChI=1S/C87H136N22O29S3/c1-16-38(7)60-80(129)104-59(37(5)6)79(128)107-65-46(15)140-34-53(75(124)92-41(10)69(118)96-50(29-47-23-19-18-20-24-47)71(120)90-30-55(112)101-60)100-84(133)63-44(13)141-35-54(99-78(127)58(36(3)4)103-81(130)61(39(8)17-2)105-85(65)134)76(125)109-66(67(116)87(137)138)77(126)91-31-56(113)102-62(43(12)111)82(131)108-64(83(132)95-49(86(135)136)25-21-22-28-88)45(14)139-33-52(74(123)93-42(11)70(119)97-51(32-110)73(122)106-63)98-72(121)48(26-27-57(114)115)94-68(117)40(9)89/h18-20,23-24,36-40,42-46,48-54,58-67,110-111,116H,10,16-17,21-22,25-35,88-89H2,1-9,11-15H3,(H,90,120)(H,91,126)(H,92,124)(H,93,123)(H,94,117)(H,95,132)(H,96,118)(H,97,119)(H,98,121)(H,99,127)(H,100,133)(H,101,112)(H,102,113)(H,103,130)(H,104,129)(H,105,134)(H,106,122)(H,107,128)(H,108,131)(H,109,125)(H,114,115)(H,135,136)(H,137,138)/t38-,39-,40-,42-,43+,44-,45-,46-,48-,49-,50-,51-,52-,53-,54-,58-,59-,60-,61-,62-,63+,64+,65+,66-,67+/m0/s1. The van der Waals surface area contributed by atoms with Crippen molar-refractivity contribution >= 4 is 171 Å². The van der Waals surface area contributed by atoms with E-state index in [0.29, 0.717) is 40.8 Å². The molecule has 3 saturated heterocycles. The molecule has 20 amide bonds. The van der Waals surface area contributed by atoms with Crippen LogP contribution >= 0.6 is 35.3 Å². The lowest BCUT2D eigenvalue weighted by Gasteiger charge is -2.33. The summed E-state index contributed by atoms with van der Waals surface area (Å²) >= 11 is 1.63. The molecule has 0 radical (unpaired) electrons. The Morgan fingerprint density at radius 2 is 0.950 bits per heavy atom. The number of rotatable bonds is 26. The van der Waals surface area contributed by atoms with Crippen LogP contribution in [-0.2, 0) is 117 Å². The Bertz CT molecular complexity index is 4660. The van der Waals surface area contributed by atoms with Crippen LogP contribution in [0.2, 0.25) is 0 Å². The number of nitrogens with two attached hydrogens (primary N) is 2. The van der Waals surface area contributed by atoms with Crippen molar-refractivity contribution in [2.75, 3.05) is 43.5 Å². The fourth-order valence-electron chi connectivity index (χ4n) is 13.9. The van der Waals surface area contributed by atoms with E-state index in [1.165, 1.54) is 62.3 Å². The number of fused-ring (bicyclic) bond motifs is 8. The van der Waals surface area contributed by atoms with Crippen molar-refractivity contribution in [1.82, 2.24) is 106 Å². The van der Waals surface area contributed by atoms with Crippen molar-refractivity contribution in [2.45, 2.75) is 285 Å². The highest BCUT2D eigenvalue weighted by Crippen LogP contribution is 2.25. The van der Waals surface area contributed by atoms with Gasteiger partial charge in [-0.05, 0) is 82.2 Å². The Morgan fingerprint density at radius 3 is 1.46 bits per heavy atom. The number of thioether (sulfide) groups is 3. The van der Waals surface area contributed by atoms with Crippen molar-refractivity contribution in [2.24, 2.45) is 35.1 Å². The van der Waals surface area contributed by atoms with Crippen molar-refractivity contribution in [3.8, 4) is 0 Å². The molecule has 25 atom stereocenters. The molecule has 0 unspecified atom stereocenters. The lowest BCUT2D eigenvalue weighted by atomic mass is 9.95. The number of hydrogen-bond donors (Lipinski definition) is 28. The molecule has 4 rings (SSSR count). The Morgan fingerprint density at radius 1 is 0.468 bits per heavy atom. The van der Waals surface area contributed by atoms with E-state index in [2.05, 4.69) is 102 Å². The van der Waals surface area contributed by atoms with E-state index in [1.807, 2.05) is 10.6 Å². The summed E-state index contributed by atoms with van der Waals surface area (Å²) in [5.41, 5.74) is 11.0. The molecule has 786 valence electrons. The summed E-state index contributed by atoms with van der Waals surface area (Å²) < 4.78 is 0. The zero-order chi connectivity index (χ0) is 106. The Balaban J connectivity index is 2.18. The summed E-state index contributed by atoms with van der Waals surface area (Å²) in [5, 5.41) is 107. The van der Waals surface area contributed by atoms with Crippen LogP contribution in [-0.4, -0.2) is 347 Å². The van der Waals surface area contributed by atoms with Crippen molar-refractivity contribution < 1.29 is 141 Å². The van der Waals surface area contributed by atoms with E-state index >= 15 is 38.4 Å². The number of unbranched alkanes of at least 4 members (excludes halogenated alkanes) is 1. The number of aliphatic carboxylic acids is 3. The van der Waals surface area contributed by atoms with E-state index in [-0.39, 0.29) is 45.1 Å². The van der Waals surface area contributed by atoms with Crippen molar-refractivity contribution in [1.29, 1.82) is 0 Å². The largest absolute Gasteiger partial charge is 0.481 e. The fourth-order valence-corrected chi connectivity index (χ4v) is 17.3. The Labute approximate surface area is 826 Å². The highest BCUT2D eigenvalue weighted by atomic mass is 32.2. The number of amides is 20. The van der Waals surface area contributed by atoms with Gasteiger partial charge in [0.15, 0.2) is 6.10 Å². The molecule has 3 heterocycles. The fraction of sp³-hybridized carbons (Fsp3) is 0.644. The van der Waals surface area contributed by atoms with Crippen LogP contribution in [0.3, 0.4) is 0 Å². The molecular formula is C87H136N22O29S3. The average Bonchev–Trinajstić information content (AvgIpc) is 0.860. The third-order valence-electron chi connectivity index (χ3n) is 23.1. The number of carboxylic acid groups (broad SMARTS) is 3. The zero-order valence-corrected chi connectivity index (χ0v) is 83.2. The van der Waals surface area contributed by atoms with Gasteiger partial charge in [-0.25, -0.2) is 9.59 Å². The number of benzene rings is 1. The lowest BCUT2D eigenvalue weighted by molar-refractivity contribution is -0.152.